The van der Waals surface area contributed by atoms with Gasteiger partial charge in [0.25, 0.3) is 0 Å². The van der Waals surface area contributed by atoms with E-state index in [-0.39, 0.29) is 5.75 Å². The van der Waals surface area contributed by atoms with Gasteiger partial charge < -0.3 is 9.84 Å². The number of aliphatic hydroxyl groups is 1. The number of benzene rings is 1. The van der Waals surface area contributed by atoms with Gasteiger partial charge in [0, 0.05) is 15.7 Å². The van der Waals surface area contributed by atoms with Crippen LogP contribution in [0.5, 0.6) is 0 Å². The average molecular weight is 333 g/mol. The summed E-state index contributed by atoms with van der Waals surface area (Å²) in [5.74, 6) is -4.01. The van der Waals surface area contributed by atoms with Gasteiger partial charge in [0.2, 0.25) is 0 Å². The minimum Gasteiger partial charge on any atom is -0.390 e. The highest BCUT2D eigenvalue weighted by Gasteiger charge is 2.41. The van der Waals surface area contributed by atoms with Crippen LogP contribution in [0.1, 0.15) is 0 Å². The second-order valence-electron chi connectivity index (χ2n) is 4.00. The van der Waals surface area contributed by atoms with Crippen molar-refractivity contribution in [2.24, 2.45) is 0 Å². The van der Waals surface area contributed by atoms with Gasteiger partial charge in [0.15, 0.2) is 0 Å². The van der Waals surface area contributed by atoms with E-state index in [9.17, 15) is 22.7 Å². The molecule has 0 saturated carbocycles. The van der Waals surface area contributed by atoms with E-state index in [1.54, 1.807) is 24.3 Å². The Morgan fingerprint density at radius 2 is 2.05 bits per heavy atom. The number of rotatable bonds is 8. The van der Waals surface area contributed by atoms with Crippen molar-refractivity contribution in [1.82, 2.24) is 0 Å². The van der Waals surface area contributed by atoms with Crippen LogP contribution >= 0.6 is 23.4 Å². The maximum absolute atomic E-state index is 12.5. The van der Waals surface area contributed by atoms with Gasteiger partial charge in [-0.15, -0.1) is 11.8 Å². The van der Waals surface area contributed by atoms with E-state index >= 15 is 0 Å². The quantitative estimate of drug-likeness (QED) is 0.581. The molecule has 20 heavy (non-hydrogen) atoms. The SMILES string of the molecule is OC(COCC(F)(F)C(F)F)CSc1cccc(Cl)c1. The van der Waals surface area contributed by atoms with Gasteiger partial charge >= 0.3 is 12.3 Å². The number of hydrogen-bond donors (Lipinski definition) is 1. The van der Waals surface area contributed by atoms with Crippen molar-refractivity contribution in [2.45, 2.75) is 23.3 Å². The molecule has 0 saturated heterocycles. The van der Waals surface area contributed by atoms with Gasteiger partial charge in [0.1, 0.15) is 6.61 Å². The summed E-state index contributed by atoms with van der Waals surface area (Å²) < 4.78 is 53.1. The van der Waals surface area contributed by atoms with Gasteiger partial charge in [-0.05, 0) is 18.2 Å². The normalized spacial score (nSPS) is 13.8. The van der Waals surface area contributed by atoms with Crippen molar-refractivity contribution in [3.8, 4) is 0 Å². The molecule has 8 heteroatoms. The van der Waals surface area contributed by atoms with Crippen LogP contribution in [0.25, 0.3) is 0 Å². The minimum absolute atomic E-state index is 0.181. The third-order valence-electron chi connectivity index (χ3n) is 2.16. The highest BCUT2D eigenvalue weighted by molar-refractivity contribution is 7.99. The summed E-state index contributed by atoms with van der Waals surface area (Å²) in [6, 6.07) is 6.88. The predicted molar refractivity (Wildman–Crippen MR) is 70.0 cm³/mol. The Morgan fingerprint density at radius 3 is 2.65 bits per heavy atom. The van der Waals surface area contributed by atoms with Crippen LogP contribution in [-0.2, 0) is 4.74 Å². The van der Waals surface area contributed by atoms with Crippen molar-refractivity contribution >= 4 is 23.4 Å². The van der Waals surface area contributed by atoms with Crippen molar-refractivity contribution in [2.75, 3.05) is 19.0 Å². The largest absolute Gasteiger partial charge is 0.390 e. The van der Waals surface area contributed by atoms with Crippen molar-refractivity contribution in [1.29, 1.82) is 0 Å². The lowest BCUT2D eigenvalue weighted by Gasteiger charge is -2.17. The molecule has 1 unspecified atom stereocenters. The van der Waals surface area contributed by atoms with Gasteiger partial charge in [0.05, 0.1) is 12.7 Å². The summed E-state index contributed by atoms with van der Waals surface area (Å²) in [6.07, 6.45) is -4.81. The predicted octanol–water partition coefficient (Wildman–Crippen LogP) is 3.71. The van der Waals surface area contributed by atoms with Crippen LogP contribution in [0, 0.1) is 0 Å². The molecule has 0 aliphatic carbocycles. The molecule has 0 aromatic heterocycles. The highest BCUT2D eigenvalue weighted by atomic mass is 35.5. The highest BCUT2D eigenvalue weighted by Crippen LogP contribution is 2.24. The Bertz CT molecular complexity index is 420. The number of aliphatic hydroxyl groups excluding tert-OH is 1. The first kappa shape index (κ1) is 17.6. The first-order valence-electron chi connectivity index (χ1n) is 5.61. The Morgan fingerprint density at radius 1 is 1.35 bits per heavy atom. The van der Waals surface area contributed by atoms with E-state index in [1.807, 2.05) is 0 Å². The van der Waals surface area contributed by atoms with E-state index in [0.717, 1.165) is 4.90 Å². The number of hydrogen-bond acceptors (Lipinski definition) is 3. The van der Waals surface area contributed by atoms with Crippen molar-refractivity contribution < 1.29 is 27.4 Å². The molecule has 1 rings (SSSR count). The maximum Gasteiger partial charge on any atom is 0.330 e. The molecule has 1 atom stereocenters. The van der Waals surface area contributed by atoms with Crippen LogP contribution in [0.3, 0.4) is 0 Å². The van der Waals surface area contributed by atoms with E-state index < -0.39 is 31.7 Å². The third-order valence-corrected chi connectivity index (χ3v) is 3.54. The van der Waals surface area contributed by atoms with Crippen LogP contribution < -0.4 is 0 Å². The Kier molecular flexibility index (Phi) is 7.08. The first-order chi connectivity index (χ1) is 9.31. The summed E-state index contributed by atoms with van der Waals surface area (Å²) in [7, 11) is 0. The Hall–Kier alpha value is -0.500. The van der Waals surface area contributed by atoms with Gasteiger partial charge in [-0.2, -0.15) is 8.78 Å². The van der Waals surface area contributed by atoms with Crippen molar-refractivity contribution in [3.05, 3.63) is 29.3 Å². The van der Waals surface area contributed by atoms with E-state index in [1.165, 1.54) is 11.8 Å². The molecule has 2 nitrogen and oxygen atoms in total. The number of alkyl halides is 4. The van der Waals surface area contributed by atoms with Gasteiger partial charge in [-0.3, -0.25) is 0 Å². The zero-order valence-electron chi connectivity index (χ0n) is 10.2. The average Bonchev–Trinajstić information content (AvgIpc) is 2.36. The second kappa shape index (κ2) is 8.07. The lowest BCUT2D eigenvalue weighted by atomic mass is 10.4. The standard InChI is InChI=1S/C12H13ClF4O2S/c13-8-2-1-3-10(4-8)20-6-9(18)5-19-7-12(16,17)11(14)15/h1-4,9,11,18H,5-7H2. The molecule has 0 amide bonds. The fraction of sp³-hybridized carbons (Fsp3) is 0.500. The second-order valence-corrected chi connectivity index (χ2v) is 5.53. The fourth-order valence-corrected chi connectivity index (χ4v) is 2.31. The van der Waals surface area contributed by atoms with E-state index in [2.05, 4.69) is 4.74 Å². The third kappa shape index (κ3) is 6.30. The molecule has 0 radical (unpaired) electrons. The first-order valence-corrected chi connectivity index (χ1v) is 6.98. The number of ether oxygens (including phenoxy) is 1. The molecule has 1 aromatic carbocycles. The van der Waals surface area contributed by atoms with Crippen LogP contribution in [0.4, 0.5) is 17.6 Å². The topological polar surface area (TPSA) is 29.5 Å². The van der Waals surface area contributed by atoms with Crippen LogP contribution in [0.15, 0.2) is 29.2 Å². The molecule has 0 spiro atoms. The molecular weight excluding hydrogens is 320 g/mol. The van der Waals surface area contributed by atoms with E-state index in [0.29, 0.717) is 5.02 Å². The minimum atomic E-state index is -4.19. The fourth-order valence-electron chi connectivity index (χ4n) is 1.19. The molecule has 0 heterocycles. The van der Waals surface area contributed by atoms with Crippen LogP contribution in [-0.4, -0.2) is 42.5 Å². The zero-order chi connectivity index (χ0) is 15.2. The summed E-state index contributed by atoms with van der Waals surface area (Å²) in [6.45, 7) is -1.85. The number of thioether (sulfide) groups is 1. The molecule has 1 aromatic rings. The van der Waals surface area contributed by atoms with Crippen molar-refractivity contribution in [3.63, 3.8) is 0 Å². The van der Waals surface area contributed by atoms with Gasteiger partial charge in [-0.25, -0.2) is 8.78 Å². The molecule has 0 bridgehead atoms. The number of halogens is 5. The molecule has 114 valence electrons. The molecule has 1 N–H and O–H groups in total. The van der Waals surface area contributed by atoms with E-state index in [4.69, 9.17) is 11.6 Å². The zero-order valence-corrected chi connectivity index (χ0v) is 11.8. The summed E-state index contributed by atoms with van der Waals surface area (Å²) >= 11 is 7.03. The molecule has 0 fully saturated rings. The molecular formula is C12H13ClF4O2S. The summed E-state index contributed by atoms with van der Waals surface area (Å²) in [4.78, 5) is 0.800. The van der Waals surface area contributed by atoms with Crippen LogP contribution in [0.2, 0.25) is 5.02 Å². The maximum atomic E-state index is 12.5. The molecule has 0 aliphatic rings. The molecule has 0 aliphatic heterocycles. The monoisotopic (exact) mass is 332 g/mol. The Balaban J connectivity index is 2.26. The summed E-state index contributed by atoms with van der Waals surface area (Å²) in [5, 5.41) is 10.0. The van der Waals surface area contributed by atoms with Gasteiger partial charge in [-0.1, -0.05) is 17.7 Å². The lowest BCUT2D eigenvalue weighted by Crippen LogP contribution is -2.34. The Labute approximate surface area is 123 Å². The smallest absolute Gasteiger partial charge is 0.330 e. The lowest BCUT2D eigenvalue weighted by molar-refractivity contribution is -0.169. The summed E-state index contributed by atoms with van der Waals surface area (Å²) in [5.41, 5.74) is 0.